The highest BCUT2D eigenvalue weighted by Crippen LogP contribution is 2.22. The average molecular weight is 262 g/mol. The van der Waals surface area contributed by atoms with Crippen molar-refractivity contribution in [1.82, 2.24) is 0 Å². The van der Waals surface area contributed by atoms with Crippen LogP contribution in [-0.2, 0) is 21.5 Å². The van der Waals surface area contributed by atoms with E-state index in [0.717, 1.165) is 0 Å². The summed E-state index contributed by atoms with van der Waals surface area (Å²) in [4.78, 5) is 3.97. The quantitative estimate of drug-likeness (QED) is 0.905. The number of hydrogen-bond acceptors (Lipinski definition) is 4. The van der Waals surface area contributed by atoms with Gasteiger partial charge in [-0.05, 0) is 16.5 Å². The van der Waals surface area contributed by atoms with Gasteiger partial charge in [0.15, 0.2) is 0 Å². The van der Waals surface area contributed by atoms with Gasteiger partial charge in [-0.1, -0.05) is 45.0 Å². The van der Waals surface area contributed by atoms with Crippen molar-refractivity contribution in [2.45, 2.75) is 38.9 Å². The number of aliphatic imine (C=N–C) groups is 1. The molecule has 2 rings (SSSR count). The Morgan fingerprint density at radius 3 is 2.53 bits per heavy atom. The fraction of sp³-hybridized carbons (Fsp3) is 0.533. The van der Waals surface area contributed by atoms with Crippen molar-refractivity contribution in [1.29, 1.82) is 0 Å². The monoisotopic (exact) mass is 262 g/mol. The molecule has 19 heavy (non-hydrogen) atoms. The van der Waals surface area contributed by atoms with Gasteiger partial charge in [-0.2, -0.15) is 0 Å². The first-order valence-electron chi connectivity index (χ1n) is 6.59. The van der Waals surface area contributed by atoms with Crippen LogP contribution in [0.5, 0.6) is 0 Å². The molecule has 2 N–H and O–H groups in total. The molecule has 1 aliphatic rings. The molecule has 1 aromatic carbocycles. The molecule has 0 spiro atoms. The molecule has 0 amide bonds. The minimum absolute atomic E-state index is 0.0335. The summed E-state index contributed by atoms with van der Waals surface area (Å²) in [5, 5.41) is 0. The van der Waals surface area contributed by atoms with E-state index in [4.69, 9.17) is 15.2 Å². The van der Waals surface area contributed by atoms with Gasteiger partial charge in [0.1, 0.15) is 6.10 Å². The van der Waals surface area contributed by atoms with E-state index in [1.165, 1.54) is 11.1 Å². The maximum absolute atomic E-state index is 5.62. The Hall–Kier alpha value is -1.55. The zero-order valence-corrected chi connectivity index (χ0v) is 11.8. The summed E-state index contributed by atoms with van der Waals surface area (Å²) in [7, 11) is 0. The summed E-state index contributed by atoms with van der Waals surface area (Å²) in [6.45, 7) is 8.32. The lowest BCUT2D eigenvalue weighted by Crippen LogP contribution is -2.22. The Kier molecular flexibility index (Phi) is 4.10. The van der Waals surface area contributed by atoms with Gasteiger partial charge < -0.3 is 15.2 Å². The largest absolute Gasteiger partial charge is 0.458 e. The van der Waals surface area contributed by atoms with Crippen molar-refractivity contribution >= 4 is 6.02 Å². The Labute approximate surface area is 114 Å². The smallest absolute Gasteiger partial charge is 0.282 e. The molecule has 1 unspecified atom stereocenters. The molecule has 4 nitrogen and oxygen atoms in total. The average Bonchev–Trinajstić information content (AvgIpc) is 2.75. The fourth-order valence-electron chi connectivity index (χ4n) is 1.93. The lowest BCUT2D eigenvalue weighted by atomic mass is 9.87. The summed E-state index contributed by atoms with van der Waals surface area (Å²) in [6, 6.07) is 8.81. The van der Waals surface area contributed by atoms with E-state index in [-0.39, 0.29) is 17.5 Å². The van der Waals surface area contributed by atoms with Crippen LogP contribution in [0.4, 0.5) is 0 Å². The summed E-state index contributed by atoms with van der Waals surface area (Å²) < 4.78 is 10.9. The lowest BCUT2D eigenvalue weighted by Gasteiger charge is -2.19. The molecular formula is C15H22N2O2. The van der Waals surface area contributed by atoms with Crippen LogP contribution >= 0.6 is 0 Å². The number of nitrogens with zero attached hydrogens (tertiary/aromatic N) is 1. The minimum atomic E-state index is -0.0335. The summed E-state index contributed by atoms with van der Waals surface area (Å²) >= 11 is 0. The van der Waals surface area contributed by atoms with Crippen molar-refractivity contribution in [3.63, 3.8) is 0 Å². The molecule has 0 bridgehead atoms. The molecule has 1 atom stereocenters. The van der Waals surface area contributed by atoms with E-state index < -0.39 is 0 Å². The molecule has 4 heteroatoms. The van der Waals surface area contributed by atoms with E-state index in [2.05, 4.69) is 50.0 Å². The number of amidine groups is 1. The molecule has 104 valence electrons. The molecule has 0 saturated carbocycles. The third-order valence-corrected chi connectivity index (χ3v) is 3.13. The van der Waals surface area contributed by atoms with Crippen molar-refractivity contribution < 1.29 is 9.47 Å². The van der Waals surface area contributed by atoms with E-state index in [9.17, 15) is 0 Å². The highest BCUT2D eigenvalue weighted by atomic mass is 16.5. The van der Waals surface area contributed by atoms with Crippen LogP contribution < -0.4 is 5.73 Å². The Bertz CT molecular complexity index is 446. The Morgan fingerprint density at radius 2 is 2.00 bits per heavy atom. The van der Waals surface area contributed by atoms with Gasteiger partial charge >= 0.3 is 0 Å². The Balaban J connectivity index is 1.77. The molecule has 0 aliphatic carbocycles. The van der Waals surface area contributed by atoms with Gasteiger partial charge in [0, 0.05) is 0 Å². The molecule has 1 heterocycles. The maximum Gasteiger partial charge on any atom is 0.282 e. The zero-order valence-electron chi connectivity index (χ0n) is 11.8. The van der Waals surface area contributed by atoms with Gasteiger partial charge in [0.05, 0.1) is 19.8 Å². The third-order valence-electron chi connectivity index (χ3n) is 3.13. The van der Waals surface area contributed by atoms with E-state index >= 15 is 0 Å². The summed E-state index contributed by atoms with van der Waals surface area (Å²) in [5.41, 5.74) is 8.12. The van der Waals surface area contributed by atoms with Crippen molar-refractivity contribution in [2.75, 3.05) is 13.2 Å². The number of hydrogen-bond donors (Lipinski definition) is 1. The van der Waals surface area contributed by atoms with Gasteiger partial charge in [-0.15, -0.1) is 0 Å². The maximum atomic E-state index is 5.62. The zero-order chi connectivity index (χ0) is 13.9. The molecule has 0 aromatic heterocycles. The van der Waals surface area contributed by atoms with E-state index in [1.807, 2.05) is 0 Å². The van der Waals surface area contributed by atoms with Crippen molar-refractivity contribution in [3.8, 4) is 0 Å². The first kappa shape index (κ1) is 13.9. The summed E-state index contributed by atoms with van der Waals surface area (Å²) in [6.07, 6.45) is -0.0335. The summed E-state index contributed by atoms with van der Waals surface area (Å²) in [5.74, 6) is 0. The van der Waals surface area contributed by atoms with Crippen LogP contribution in [0.25, 0.3) is 0 Å². The first-order chi connectivity index (χ1) is 8.95. The van der Waals surface area contributed by atoms with Gasteiger partial charge in [-0.3, -0.25) is 0 Å². The molecule has 1 aliphatic heterocycles. The second-order valence-corrected chi connectivity index (χ2v) is 5.88. The van der Waals surface area contributed by atoms with E-state index in [0.29, 0.717) is 19.8 Å². The molecule has 0 radical (unpaired) electrons. The highest BCUT2D eigenvalue weighted by molar-refractivity contribution is 5.72. The fourth-order valence-corrected chi connectivity index (χ4v) is 1.93. The van der Waals surface area contributed by atoms with Crippen LogP contribution in [0, 0.1) is 0 Å². The highest BCUT2D eigenvalue weighted by Gasteiger charge is 2.17. The molecule has 0 fully saturated rings. The number of benzene rings is 1. The number of rotatable bonds is 4. The molecular weight excluding hydrogens is 240 g/mol. The minimum Gasteiger partial charge on any atom is -0.458 e. The van der Waals surface area contributed by atoms with E-state index in [1.54, 1.807) is 0 Å². The second kappa shape index (κ2) is 5.61. The van der Waals surface area contributed by atoms with Crippen LogP contribution in [0.3, 0.4) is 0 Å². The van der Waals surface area contributed by atoms with Gasteiger partial charge in [-0.25, -0.2) is 4.99 Å². The van der Waals surface area contributed by atoms with Crippen LogP contribution in [0.15, 0.2) is 29.3 Å². The number of nitrogens with two attached hydrogens (primary N) is 1. The lowest BCUT2D eigenvalue weighted by molar-refractivity contribution is 0.0479. The SMILES string of the molecule is CC(C)(C)c1ccc(COCC2CN=C(N)O2)cc1. The topological polar surface area (TPSA) is 56.8 Å². The predicted molar refractivity (Wildman–Crippen MR) is 76.2 cm³/mol. The van der Waals surface area contributed by atoms with Gasteiger partial charge in [0.2, 0.25) is 0 Å². The van der Waals surface area contributed by atoms with Crippen LogP contribution in [-0.4, -0.2) is 25.3 Å². The first-order valence-corrected chi connectivity index (χ1v) is 6.59. The van der Waals surface area contributed by atoms with Crippen LogP contribution in [0.1, 0.15) is 31.9 Å². The third kappa shape index (κ3) is 3.96. The predicted octanol–water partition coefficient (Wildman–Crippen LogP) is 2.21. The van der Waals surface area contributed by atoms with Crippen molar-refractivity contribution in [2.24, 2.45) is 10.7 Å². The molecule has 1 aromatic rings. The standard InChI is InChI=1S/C15H22N2O2/c1-15(2,3)12-6-4-11(5-7-12)9-18-10-13-8-17-14(16)19-13/h4-7,13H,8-10H2,1-3H3,(H2,16,17). The number of ether oxygens (including phenoxy) is 2. The Morgan fingerprint density at radius 1 is 1.32 bits per heavy atom. The second-order valence-electron chi connectivity index (χ2n) is 5.88. The van der Waals surface area contributed by atoms with Crippen LogP contribution in [0.2, 0.25) is 0 Å². The van der Waals surface area contributed by atoms with Crippen molar-refractivity contribution in [3.05, 3.63) is 35.4 Å². The van der Waals surface area contributed by atoms with Gasteiger partial charge in [0.25, 0.3) is 6.02 Å². The molecule has 0 saturated heterocycles. The normalized spacial score (nSPS) is 19.1.